The van der Waals surface area contributed by atoms with Crippen LogP contribution in [0.2, 0.25) is 0 Å². The molecule has 0 aromatic carbocycles. The zero-order valence-electron chi connectivity index (χ0n) is 11.5. The normalized spacial score (nSPS) is 12.0. The number of carbonyl (C=O) groups excluding carboxylic acids is 2. The molecule has 6 heteroatoms. The molecule has 1 aromatic heterocycles. The van der Waals surface area contributed by atoms with Gasteiger partial charge in [0, 0.05) is 11.4 Å². The lowest BCUT2D eigenvalue weighted by Gasteiger charge is -2.12. The van der Waals surface area contributed by atoms with Crippen LogP contribution in [0, 0.1) is 19.8 Å². The van der Waals surface area contributed by atoms with Crippen molar-refractivity contribution >= 4 is 23.6 Å². The zero-order valence-corrected chi connectivity index (χ0v) is 12.3. The van der Waals surface area contributed by atoms with Gasteiger partial charge < -0.3 is 10.5 Å². The lowest BCUT2D eigenvalue weighted by molar-refractivity contribution is -0.143. The molecule has 19 heavy (non-hydrogen) atoms. The van der Waals surface area contributed by atoms with Crippen molar-refractivity contribution in [3.05, 3.63) is 22.9 Å². The minimum absolute atomic E-state index is 0.265. The largest absolute Gasteiger partial charge is 0.469 e. The van der Waals surface area contributed by atoms with Gasteiger partial charge in [-0.25, -0.2) is 4.98 Å². The molecule has 104 valence electrons. The average molecular weight is 282 g/mol. The van der Waals surface area contributed by atoms with Crippen LogP contribution in [0.4, 0.5) is 0 Å². The van der Waals surface area contributed by atoms with Gasteiger partial charge in [-0.05, 0) is 25.5 Å². The van der Waals surface area contributed by atoms with E-state index in [1.807, 2.05) is 19.9 Å². The Morgan fingerprint density at radius 3 is 2.63 bits per heavy atom. The van der Waals surface area contributed by atoms with E-state index < -0.39 is 5.91 Å². The van der Waals surface area contributed by atoms with Gasteiger partial charge in [-0.3, -0.25) is 9.59 Å². The van der Waals surface area contributed by atoms with Gasteiger partial charge in [0.05, 0.1) is 18.6 Å². The zero-order chi connectivity index (χ0) is 14.6. The van der Waals surface area contributed by atoms with E-state index in [1.54, 1.807) is 6.92 Å². The topological polar surface area (TPSA) is 82.3 Å². The third-order valence-corrected chi connectivity index (χ3v) is 3.87. The predicted molar refractivity (Wildman–Crippen MR) is 74.1 cm³/mol. The number of methoxy groups -OCH3 is 1. The van der Waals surface area contributed by atoms with Crippen molar-refractivity contribution in [1.29, 1.82) is 0 Å². The summed E-state index contributed by atoms with van der Waals surface area (Å²) in [6, 6.07) is 1.81. The highest BCUT2D eigenvalue weighted by Gasteiger charge is 2.18. The number of aryl methyl sites for hydroxylation is 2. The molecule has 0 fully saturated rings. The van der Waals surface area contributed by atoms with Crippen LogP contribution in [0.3, 0.4) is 0 Å². The number of ether oxygens (including phenoxy) is 1. The lowest BCUT2D eigenvalue weighted by atomic mass is 10.1. The summed E-state index contributed by atoms with van der Waals surface area (Å²) >= 11 is 1.34. The first-order chi connectivity index (χ1) is 8.86. The van der Waals surface area contributed by atoms with Gasteiger partial charge in [0.2, 0.25) is 0 Å². The number of primary amides is 1. The van der Waals surface area contributed by atoms with E-state index in [4.69, 9.17) is 5.73 Å². The van der Waals surface area contributed by atoms with Gasteiger partial charge in [0.15, 0.2) is 0 Å². The summed E-state index contributed by atoms with van der Waals surface area (Å²) in [6.45, 7) is 5.44. The van der Waals surface area contributed by atoms with Crippen LogP contribution in [0.25, 0.3) is 0 Å². The molecule has 1 atom stereocenters. The molecule has 0 radical (unpaired) electrons. The van der Waals surface area contributed by atoms with Gasteiger partial charge in [-0.15, -0.1) is 11.8 Å². The van der Waals surface area contributed by atoms with Crippen molar-refractivity contribution < 1.29 is 14.3 Å². The van der Waals surface area contributed by atoms with E-state index in [0.29, 0.717) is 16.3 Å². The number of thioether (sulfide) groups is 1. The smallest absolute Gasteiger partial charge is 0.309 e. The molecule has 0 aliphatic heterocycles. The van der Waals surface area contributed by atoms with Gasteiger partial charge >= 0.3 is 5.97 Å². The highest BCUT2D eigenvalue weighted by molar-refractivity contribution is 7.99. The lowest BCUT2D eigenvalue weighted by Crippen LogP contribution is -2.17. The number of nitrogens with zero attached hydrogens (tertiary/aromatic N) is 1. The Kier molecular flexibility index (Phi) is 5.35. The SMILES string of the molecule is COC(=O)C(C)CSc1nc(C)cc(C)c1C(N)=O. The van der Waals surface area contributed by atoms with Crippen molar-refractivity contribution in [3.63, 3.8) is 0 Å². The summed E-state index contributed by atoms with van der Waals surface area (Å²) in [7, 11) is 1.35. The van der Waals surface area contributed by atoms with Crippen LogP contribution >= 0.6 is 11.8 Å². The minimum atomic E-state index is -0.502. The molecule has 5 nitrogen and oxygen atoms in total. The maximum absolute atomic E-state index is 11.5. The van der Waals surface area contributed by atoms with Gasteiger partial charge in [0.25, 0.3) is 5.91 Å². The first-order valence-corrected chi connectivity index (χ1v) is 6.84. The fraction of sp³-hybridized carbons (Fsp3) is 0.462. The molecule has 2 N–H and O–H groups in total. The fourth-order valence-electron chi connectivity index (χ4n) is 1.68. The molecule has 0 aliphatic rings. The maximum Gasteiger partial charge on any atom is 0.309 e. The fourth-order valence-corrected chi connectivity index (χ4v) is 2.84. The Morgan fingerprint density at radius 2 is 2.11 bits per heavy atom. The van der Waals surface area contributed by atoms with Gasteiger partial charge in [-0.2, -0.15) is 0 Å². The Bertz CT molecular complexity index is 503. The second-order valence-corrected chi connectivity index (χ2v) is 5.37. The summed E-state index contributed by atoms with van der Waals surface area (Å²) in [4.78, 5) is 27.1. The van der Waals surface area contributed by atoms with Crippen LogP contribution in [-0.4, -0.2) is 29.7 Å². The predicted octanol–water partition coefficient (Wildman–Crippen LogP) is 1.70. The number of aromatic nitrogens is 1. The van der Waals surface area contributed by atoms with E-state index in [9.17, 15) is 9.59 Å². The Labute approximate surface area is 116 Å². The molecular formula is C13H18N2O3S. The molecule has 0 saturated heterocycles. The second-order valence-electron chi connectivity index (χ2n) is 4.36. The van der Waals surface area contributed by atoms with Crippen LogP contribution in [-0.2, 0) is 9.53 Å². The molecule has 1 aromatic rings. The number of nitrogens with two attached hydrogens (primary N) is 1. The monoisotopic (exact) mass is 282 g/mol. The maximum atomic E-state index is 11.5. The van der Waals surface area contributed by atoms with Crippen LogP contribution < -0.4 is 5.73 Å². The number of pyridine rings is 1. The van der Waals surface area contributed by atoms with E-state index in [1.165, 1.54) is 18.9 Å². The molecule has 1 amide bonds. The third-order valence-electron chi connectivity index (χ3n) is 2.63. The highest BCUT2D eigenvalue weighted by Crippen LogP contribution is 2.25. The molecule has 1 unspecified atom stereocenters. The minimum Gasteiger partial charge on any atom is -0.469 e. The molecule has 0 bridgehead atoms. The molecule has 0 aliphatic carbocycles. The van der Waals surface area contributed by atoms with Gasteiger partial charge in [-0.1, -0.05) is 6.92 Å². The van der Waals surface area contributed by atoms with Crippen LogP contribution in [0.1, 0.15) is 28.5 Å². The summed E-state index contributed by atoms with van der Waals surface area (Å²) in [5, 5.41) is 0.570. The molecule has 1 heterocycles. The first kappa shape index (κ1) is 15.5. The Morgan fingerprint density at radius 1 is 1.47 bits per heavy atom. The van der Waals surface area contributed by atoms with Crippen LogP contribution in [0.15, 0.2) is 11.1 Å². The summed E-state index contributed by atoms with van der Waals surface area (Å²) < 4.78 is 4.66. The number of hydrogen-bond acceptors (Lipinski definition) is 5. The van der Waals surface area contributed by atoms with Crippen molar-refractivity contribution in [3.8, 4) is 0 Å². The number of rotatable bonds is 5. The number of esters is 1. The second kappa shape index (κ2) is 6.56. The van der Waals surface area contributed by atoms with Crippen LogP contribution in [0.5, 0.6) is 0 Å². The summed E-state index contributed by atoms with van der Waals surface area (Å²) in [5.74, 6) is -0.558. The van der Waals surface area contributed by atoms with Gasteiger partial charge in [0.1, 0.15) is 5.03 Å². The molecular weight excluding hydrogens is 264 g/mol. The molecule has 0 spiro atoms. The van der Waals surface area contributed by atoms with E-state index in [0.717, 1.165) is 11.3 Å². The summed E-state index contributed by atoms with van der Waals surface area (Å²) in [5.41, 5.74) is 7.41. The molecule has 1 rings (SSSR count). The van der Waals surface area contributed by atoms with Crippen molar-refractivity contribution in [2.75, 3.05) is 12.9 Å². The number of carbonyl (C=O) groups is 2. The van der Waals surface area contributed by atoms with Crippen molar-refractivity contribution in [2.45, 2.75) is 25.8 Å². The van der Waals surface area contributed by atoms with Crippen molar-refractivity contribution in [1.82, 2.24) is 4.98 Å². The third kappa shape index (κ3) is 3.96. The van der Waals surface area contributed by atoms with E-state index >= 15 is 0 Å². The highest BCUT2D eigenvalue weighted by atomic mass is 32.2. The van der Waals surface area contributed by atoms with E-state index in [2.05, 4.69) is 9.72 Å². The number of hydrogen-bond donors (Lipinski definition) is 1. The van der Waals surface area contributed by atoms with Crippen molar-refractivity contribution in [2.24, 2.45) is 11.7 Å². The summed E-state index contributed by atoms with van der Waals surface area (Å²) in [6.07, 6.45) is 0. The quantitative estimate of drug-likeness (QED) is 0.656. The number of amides is 1. The Balaban J connectivity index is 2.94. The molecule has 0 saturated carbocycles. The Hall–Kier alpha value is -1.56. The average Bonchev–Trinajstić information content (AvgIpc) is 2.33. The van der Waals surface area contributed by atoms with E-state index in [-0.39, 0.29) is 11.9 Å². The standard InChI is InChI=1S/C13H18N2O3S/c1-7-5-9(3)15-12(10(7)11(14)16)19-6-8(2)13(17)18-4/h5,8H,6H2,1-4H3,(H2,14,16). The first-order valence-electron chi connectivity index (χ1n) is 5.85.